The van der Waals surface area contributed by atoms with Gasteiger partial charge in [0.15, 0.2) is 23.3 Å². The van der Waals surface area contributed by atoms with Gasteiger partial charge in [-0.15, -0.1) is 0 Å². The molecule has 0 radical (unpaired) electrons. The standard InChI is InChI=1S/C88H58N16O12/c105-65-29-9-5-23-57(65)85(109)101-89-45-49-19-1-13-33-69(49)113-53-39-41-55-63(43-53)81-94-77(55)93-79-61-27-17-37-73(115-71-35-15-3-21-51(71)47-91-103-87(111)59-25-7-11-31-67(59)107)75(61)83(97-79)98-80-62-28-18-38-74(116-72-36-16-4-22-52(72)48-92-104-88(112)60-26-8-12-32-68(60)108)76(62)84(99-80)100-82-64-44-54(40-42-56(64)78(95-81)96-82)114-70-34-14-2-20-50(70)46-90-102-86(110)58-24-6-10-30-66(58)106/h1-48,105-108H,(H,101,109)(H,102,110)(H,103,111)(H,104,112)(H2,93,94,95,96,97,98,99,100)/b89-45+,90-46+,91-47+,92-48-. The first-order valence-electron chi connectivity index (χ1n) is 35.7. The predicted octanol–water partition coefficient (Wildman–Crippen LogP) is 15.9. The van der Waals surface area contributed by atoms with Gasteiger partial charge in [0.2, 0.25) is 0 Å². The van der Waals surface area contributed by atoms with Crippen molar-refractivity contribution in [3.63, 3.8) is 0 Å². The summed E-state index contributed by atoms with van der Waals surface area (Å²) in [6.07, 6.45) is 5.68. The van der Waals surface area contributed by atoms with Crippen molar-refractivity contribution in [2.75, 3.05) is 0 Å². The van der Waals surface area contributed by atoms with Gasteiger partial charge >= 0.3 is 0 Å². The third kappa shape index (κ3) is 14.9. The molecule has 0 fully saturated rings. The molecule has 5 heterocycles. The van der Waals surface area contributed by atoms with Gasteiger partial charge in [-0.2, -0.15) is 20.4 Å². The van der Waals surface area contributed by atoms with Crippen LogP contribution in [0, 0.1) is 0 Å². The summed E-state index contributed by atoms with van der Waals surface area (Å²) in [5.41, 5.74) is 14.8. The summed E-state index contributed by atoms with van der Waals surface area (Å²) in [5, 5.41) is 60.5. The molecule has 3 aromatic heterocycles. The lowest BCUT2D eigenvalue weighted by Gasteiger charge is -2.12. The average Bonchev–Trinajstić information content (AvgIpc) is 1.59. The number of hydrogen-bond acceptors (Lipinski definition) is 22. The van der Waals surface area contributed by atoms with E-state index in [1.165, 1.54) is 73.4 Å². The van der Waals surface area contributed by atoms with E-state index in [-0.39, 0.29) is 97.0 Å². The average molecular weight is 1530 g/mol. The van der Waals surface area contributed by atoms with Crippen LogP contribution in [0.2, 0.25) is 0 Å². The van der Waals surface area contributed by atoms with Crippen molar-refractivity contribution < 1.29 is 58.6 Å². The molecule has 2 aliphatic heterocycles. The molecule has 15 aromatic rings. The minimum absolute atomic E-state index is 0.0195. The van der Waals surface area contributed by atoms with Crippen molar-refractivity contribution in [3.05, 3.63) is 311 Å². The first-order chi connectivity index (χ1) is 56.8. The van der Waals surface area contributed by atoms with Crippen molar-refractivity contribution in [1.29, 1.82) is 0 Å². The normalized spacial score (nSPS) is 11.6. The highest BCUT2D eigenvalue weighted by atomic mass is 16.5. The van der Waals surface area contributed by atoms with Gasteiger partial charge in [-0.3, -0.25) is 19.2 Å². The fourth-order valence-corrected chi connectivity index (χ4v) is 12.8. The largest absolute Gasteiger partial charge is 0.507 e. The Labute approximate surface area is 655 Å². The molecule has 4 amide bonds. The summed E-state index contributed by atoms with van der Waals surface area (Å²) in [7, 11) is 0. The summed E-state index contributed by atoms with van der Waals surface area (Å²) in [6, 6.07) is 74.0. The monoisotopic (exact) mass is 1530 g/mol. The Hall–Kier alpha value is -17.0. The number of amides is 4. The number of aromatic amines is 2. The zero-order valence-electron chi connectivity index (χ0n) is 60.2. The lowest BCUT2D eigenvalue weighted by Crippen LogP contribution is -2.17. The van der Waals surface area contributed by atoms with Crippen LogP contribution in [0.3, 0.4) is 0 Å². The number of hydrazone groups is 4. The maximum Gasteiger partial charge on any atom is 0.275 e. The number of nitrogens with zero attached hydrogens (tertiary/aromatic N) is 10. The van der Waals surface area contributed by atoms with E-state index in [0.717, 1.165) is 0 Å². The minimum Gasteiger partial charge on any atom is -0.507 e. The molecule has 116 heavy (non-hydrogen) atoms. The molecule has 12 aromatic carbocycles. The Morgan fingerprint density at radius 2 is 0.647 bits per heavy atom. The van der Waals surface area contributed by atoms with Crippen LogP contribution in [0.4, 0.5) is 0 Å². The Morgan fingerprint density at radius 1 is 0.293 bits per heavy atom. The molecular formula is C88H58N16O12. The van der Waals surface area contributed by atoms with E-state index in [1.54, 1.807) is 200 Å². The zero-order valence-corrected chi connectivity index (χ0v) is 60.2. The molecule has 17 rings (SSSR count). The Morgan fingerprint density at radius 3 is 1.15 bits per heavy atom. The fourth-order valence-electron chi connectivity index (χ4n) is 12.8. The van der Waals surface area contributed by atoms with Crippen molar-refractivity contribution in [3.8, 4) is 115 Å². The van der Waals surface area contributed by atoms with E-state index in [0.29, 0.717) is 106 Å². The number of phenols is 4. The Bertz CT molecular complexity index is 6820. The summed E-state index contributed by atoms with van der Waals surface area (Å²) in [6.45, 7) is 0. The lowest BCUT2D eigenvalue weighted by atomic mass is 10.1. The van der Waals surface area contributed by atoms with Crippen LogP contribution < -0.4 is 40.7 Å². The number of fused-ring (bicyclic) bond motifs is 20. The van der Waals surface area contributed by atoms with Gasteiger partial charge in [-0.25, -0.2) is 51.6 Å². The van der Waals surface area contributed by atoms with E-state index in [1.807, 2.05) is 18.2 Å². The molecule has 2 aliphatic rings. The highest BCUT2D eigenvalue weighted by Crippen LogP contribution is 2.46. The van der Waals surface area contributed by atoms with Crippen molar-refractivity contribution >= 4 is 92.6 Å². The maximum absolute atomic E-state index is 13.2. The van der Waals surface area contributed by atoms with Crippen molar-refractivity contribution in [1.82, 2.24) is 61.6 Å². The predicted molar refractivity (Wildman–Crippen MR) is 435 cm³/mol. The molecule has 8 bridgehead atoms. The van der Waals surface area contributed by atoms with E-state index >= 15 is 0 Å². The van der Waals surface area contributed by atoms with Gasteiger partial charge in [0, 0.05) is 55.1 Å². The van der Waals surface area contributed by atoms with Crippen LogP contribution in [-0.4, -0.2) is 109 Å². The number of carbonyl (C=O) groups is 4. The number of nitrogens with one attached hydrogen (secondary N) is 6. The SMILES string of the molecule is O=C(N/N=C\c1ccccc1Oc1cccc2c3nc4nc(nc5[nH]c(nc6nc(nc([nH]3)c12)-c1cc(Oc2ccccc2/C=N/NC(=O)c2ccccc2O)ccc1-6)c1cc(Oc2ccccc2/C=N/NC(=O)c2ccccc2O)ccc51)-c1cccc(Oc2ccccc2/C=N/NC(=O)c2ccccc2O)c1-4)c1ccccc1O. The van der Waals surface area contributed by atoms with Gasteiger partial charge < -0.3 is 49.3 Å². The number of H-pyrrole nitrogens is 2. The smallest absolute Gasteiger partial charge is 0.275 e. The van der Waals surface area contributed by atoms with E-state index < -0.39 is 23.6 Å². The van der Waals surface area contributed by atoms with Crippen LogP contribution in [0.15, 0.2) is 287 Å². The number of rotatable bonds is 20. The molecular weight excluding hydrogens is 1470 g/mol. The van der Waals surface area contributed by atoms with E-state index in [4.69, 9.17) is 48.9 Å². The molecule has 10 N–H and O–H groups in total. The number of ether oxygens (including phenoxy) is 4. The summed E-state index contributed by atoms with van der Waals surface area (Å²) in [4.78, 5) is 91.6. The molecule has 0 unspecified atom stereocenters. The van der Waals surface area contributed by atoms with Gasteiger partial charge in [0.25, 0.3) is 23.6 Å². The maximum atomic E-state index is 13.2. The van der Waals surface area contributed by atoms with Crippen molar-refractivity contribution in [2.24, 2.45) is 20.4 Å². The van der Waals surface area contributed by atoms with Crippen LogP contribution in [0.25, 0.3) is 89.7 Å². The van der Waals surface area contributed by atoms with Gasteiger partial charge in [0.1, 0.15) is 91.6 Å². The van der Waals surface area contributed by atoms with Gasteiger partial charge in [0.05, 0.1) is 58.1 Å². The van der Waals surface area contributed by atoms with E-state index in [2.05, 4.69) is 52.1 Å². The highest BCUT2D eigenvalue weighted by Gasteiger charge is 2.28. The van der Waals surface area contributed by atoms with Gasteiger partial charge in [-0.1, -0.05) is 121 Å². The number of phenolic OH excluding ortho intramolecular Hbond substituents is 4. The molecule has 562 valence electrons. The van der Waals surface area contributed by atoms with E-state index in [9.17, 15) is 39.6 Å². The summed E-state index contributed by atoms with van der Waals surface area (Å²) < 4.78 is 27.2. The Kier molecular flexibility index (Phi) is 19.5. The fraction of sp³-hybridized carbons (Fsp3) is 0. The van der Waals surface area contributed by atoms with Crippen LogP contribution >= 0.6 is 0 Å². The van der Waals surface area contributed by atoms with Crippen LogP contribution in [0.5, 0.6) is 69.0 Å². The second kappa shape index (κ2) is 31.5. The highest BCUT2D eigenvalue weighted by molar-refractivity contribution is 6.10. The second-order valence-corrected chi connectivity index (χ2v) is 25.8. The Balaban J connectivity index is 0.837. The quantitative estimate of drug-likeness (QED) is 0.0250. The van der Waals surface area contributed by atoms with Gasteiger partial charge in [-0.05, 0) is 146 Å². The molecule has 0 spiro atoms. The molecule has 0 aliphatic carbocycles. The first-order valence-corrected chi connectivity index (χ1v) is 35.7. The number of aromatic nitrogens is 8. The number of hydrogen-bond donors (Lipinski definition) is 10. The molecule has 0 saturated heterocycles. The second-order valence-electron chi connectivity index (χ2n) is 25.8. The third-order valence-electron chi connectivity index (χ3n) is 18.4. The number of carbonyl (C=O) groups excluding carboxylic acids is 4. The molecule has 28 nitrogen and oxygen atoms in total. The zero-order chi connectivity index (χ0) is 79.2. The lowest BCUT2D eigenvalue weighted by molar-refractivity contribution is 0.0944. The first kappa shape index (κ1) is 71.9. The number of para-hydroxylation sites is 8. The number of aromatic hydroxyl groups is 4. The van der Waals surface area contributed by atoms with Crippen LogP contribution in [0.1, 0.15) is 63.7 Å². The molecule has 0 saturated carbocycles. The summed E-state index contributed by atoms with van der Waals surface area (Å²) >= 11 is 0. The summed E-state index contributed by atoms with van der Waals surface area (Å²) in [5.74, 6) is -0.150. The van der Waals surface area contributed by atoms with Crippen LogP contribution in [-0.2, 0) is 0 Å². The number of benzene rings is 12. The topological polar surface area (TPSA) is 393 Å². The molecule has 28 heteroatoms. The minimum atomic E-state index is -0.647. The third-order valence-corrected chi connectivity index (χ3v) is 18.4. The molecule has 0 atom stereocenters. The van der Waals surface area contributed by atoms with Crippen molar-refractivity contribution in [2.45, 2.75) is 0 Å².